The minimum absolute atomic E-state index is 0.556. The van der Waals surface area contributed by atoms with E-state index in [1.165, 1.54) is 19.3 Å². The topological polar surface area (TPSA) is 9.23 Å². The van der Waals surface area contributed by atoms with Crippen LogP contribution in [0.15, 0.2) is 0 Å². The Labute approximate surface area is 51.0 Å². The third kappa shape index (κ3) is 1.48. The van der Waals surface area contributed by atoms with Crippen LogP contribution in [0, 0.1) is 6.42 Å². The third-order valence-corrected chi connectivity index (χ3v) is 1.52. The van der Waals surface area contributed by atoms with Gasteiger partial charge in [-0.2, -0.15) is 0 Å². The summed E-state index contributed by atoms with van der Waals surface area (Å²) in [4.78, 5) is 0. The van der Waals surface area contributed by atoms with Crippen LogP contribution in [0.3, 0.4) is 0 Å². The van der Waals surface area contributed by atoms with Gasteiger partial charge in [-0.3, -0.25) is 0 Å². The highest BCUT2D eigenvalue weighted by Gasteiger charge is 2.13. The third-order valence-electron chi connectivity index (χ3n) is 1.52. The minimum atomic E-state index is 0.556. The monoisotopic (exact) mass is 113 g/mol. The second-order valence-electron chi connectivity index (χ2n) is 2.18. The Bertz CT molecular complexity index is 55.4. The Morgan fingerprint density at radius 2 is 2.62 bits per heavy atom. The van der Waals surface area contributed by atoms with Crippen LogP contribution >= 0.6 is 0 Å². The van der Waals surface area contributed by atoms with E-state index >= 15 is 0 Å². The molecule has 1 atom stereocenters. The first-order valence-corrected chi connectivity index (χ1v) is 3.36. The molecule has 0 N–H and O–H groups in total. The van der Waals surface area contributed by atoms with Gasteiger partial charge in [0, 0.05) is 6.61 Å². The maximum absolute atomic E-state index is 5.37. The molecule has 1 nitrogen and oxygen atoms in total. The molecule has 0 saturated heterocycles. The van der Waals surface area contributed by atoms with Crippen molar-refractivity contribution in [2.45, 2.75) is 32.3 Å². The van der Waals surface area contributed by atoms with Gasteiger partial charge in [0.2, 0.25) is 0 Å². The molecule has 47 valence electrons. The molecule has 8 heavy (non-hydrogen) atoms. The Balaban J connectivity index is 2.06. The van der Waals surface area contributed by atoms with Gasteiger partial charge in [0.25, 0.3) is 0 Å². The maximum Gasteiger partial charge on any atom is 0.0577 e. The van der Waals surface area contributed by atoms with E-state index < -0.39 is 0 Å². The predicted molar refractivity (Wildman–Crippen MR) is 33.6 cm³/mol. The van der Waals surface area contributed by atoms with Gasteiger partial charge in [0.1, 0.15) is 0 Å². The molecular weight excluding hydrogens is 100 g/mol. The molecule has 0 aliphatic heterocycles. The summed E-state index contributed by atoms with van der Waals surface area (Å²) in [5.74, 6) is 0. The van der Waals surface area contributed by atoms with Crippen LogP contribution in [0.1, 0.15) is 26.2 Å². The van der Waals surface area contributed by atoms with Gasteiger partial charge < -0.3 is 4.74 Å². The second-order valence-corrected chi connectivity index (χ2v) is 2.18. The molecule has 0 heterocycles. The first kappa shape index (κ1) is 6.09. The number of ether oxygens (including phenoxy) is 1. The summed E-state index contributed by atoms with van der Waals surface area (Å²) in [6, 6.07) is 0. The summed E-state index contributed by atoms with van der Waals surface area (Å²) in [5.41, 5.74) is 0. The summed E-state index contributed by atoms with van der Waals surface area (Å²) in [6.45, 7) is 2.93. The molecule has 1 radical (unpaired) electrons. The molecule has 1 heteroatoms. The SMILES string of the molecule is CCO[C@@H]1C[CH]CC1. The zero-order chi connectivity index (χ0) is 5.82. The summed E-state index contributed by atoms with van der Waals surface area (Å²) < 4.78 is 5.37. The highest BCUT2D eigenvalue weighted by molar-refractivity contribution is 4.80. The van der Waals surface area contributed by atoms with E-state index in [4.69, 9.17) is 4.74 Å². The van der Waals surface area contributed by atoms with Crippen molar-refractivity contribution in [2.75, 3.05) is 6.61 Å². The van der Waals surface area contributed by atoms with Crippen molar-refractivity contribution in [1.82, 2.24) is 0 Å². The molecule has 0 aromatic heterocycles. The van der Waals surface area contributed by atoms with Crippen LogP contribution < -0.4 is 0 Å². The lowest BCUT2D eigenvalue weighted by atomic mass is 10.3. The van der Waals surface area contributed by atoms with Gasteiger partial charge in [-0.1, -0.05) is 0 Å². The predicted octanol–water partition coefficient (Wildman–Crippen LogP) is 1.78. The molecule has 1 rings (SSSR count). The van der Waals surface area contributed by atoms with E-state index in [-0.39, 0.29) is 0 Å². The van der Waals surface area contributed by atoms with Crippen LogP contribution in [-0.4, -0.2) is 12.7 Å². The van der Waals surface area contributed by atoms with Crippen LogP contribution in [0.2, 0.25) is 0 Å². The molecule has 0 aromatic carbocycles. The fourth-order valence-corrected chi connectivity index (χ4v) is 1.11. The van der Waals surface area contributed by atoms with Crippen LogP contribution in [0.25, 0.3) is 0 Å². The van der Waals surface area contributed by atoms with E-state index in [0.717, 1.165) is 6.61 Å². The molecule has 0 spiro atoms. The lowest BCUT2D eigenvalue weighted by molar-refractivity contribution is 0.0702. The molecule has 1 fully saturated rings. The average molecular weight is 113 g/mol. The Morgan fingerprint density at radius 1 is 1.75 bits per heavy atom. The van der Waals surface area contributed by atoms with Gasteiger partial charge >= 0.3 is 0 Å². The highest BCUT2D eigenvalue weighted by atomic mass is 16.5. The van der Waals surface area contributed by atoms with Crippen molar-refractivity contribution in [3.05, 3.63) is 6.42 Å². The van der Waals surface area contributed by atoms with Gasteiger partial charge in [0.05, 0.1) is 6.10 Å². The van der Waals surface area contributed by atoms with Crippen molar-refractivity contribution in [3.8, 4) is 0 Å². The second kappa shape index (κ2) is 3.08. The average Bonchev–Trinajstić information content (AvgIpc) is 2.19. The summed E-state index contributed by atoms with van der Waals surface area (Å²) in [7, 11) is 0. The lowest BCUT2D eigenvalue weighted by Crippen LogP contribution is -2.05. The van der Waals surface area contributed by atoms with Crippen molar-refractivity contribution < 1.29 is 4.74 Å². The minimum Gasteiger partial charge on any atom is -0.378 e. The Kier molecular flexibility index (Phi) is 2.34. The molecule has 1 aliphatic carbocycles. The normalized spacial score (nSPS) is 22.1. The molecule has 1 aliphatic rings. The zero-order valence-corrected chi connectivity index (χ0v) is 5.39. The van der Waals surface area contributed by atoms with Crippen molar-refractivity contribution >= 4 is 0 Å². The van der Waals surface area contributed by atoms with Gasteiger partial charge in [-0.05, 0) is 32.6 Å². The van der Waals surface area contributed by atoms with Gasteiger partial charge in [0.15, 0.2) is 0 Å². The Morgan fingerprint density at radius 3 is 3.12 bits per heavy atom. The number of hydrogen-bond acceptors (Lipinski definition) is 1. The molecule has 1 saturated carbocycles. The molecule has 0 bridgehead atoms. The summed E-state index contributed by atoms with van der Waals surface area (Å²) in [5, 5.41) is 0. The van der Waals surface area contributed by atoms with E-state index in [0.29, 0.717) is 6.10 Å². The van der Waals surface area contributed by atoms with Gasteiger partial charge in [-0.25, -0.2) is 0 Å². The lowest BCUT2D eigenvalue weighted by Gasteiger charge is -2.06. The van der Waals surface area contributed by atoms with Crippen LogP contribution in [-0.2, 0) is 4.74 Å². The van der Waals surface area contributed by atoms with Crippen LogP contribution in [0.5, 0.6) is 0 Å². The van der Waals surface area contributed by atoms with E-state index in [2.05, 4.69) is 13.3 Å². The maximum atomic E-state index is 5.37. The van der Waals surface area contributed by atoms with Crippen molar-refractivity contribution in [2.24, 2.45) is 0 Å². The van der Waals surface area contributed by atoms with E-state index in [1.807, 2.05) is 0 Å². The molecular formula is C7H13O. The fourth-order valence-electron chi connectivity index (χ4n) is 1.11. The molecule has 0 unspecified atom stereocenters. The standard InChI is InChI=1S/C7H13O/c1-2-8-7-5-3-4-6-7/h3,7H,2,4-6H2,1H3/t7-/m1/s1. The first-order chi connectivity index (χ1) is 3.93. The Hall–Kier alpha value is -0.0400. The first-order valence-electron chi connectivity index (χ1n) is 3.36. The highest BCUT2D eigenvalue weighted by Crippen LogP contribution is 2.19. The molecule has 0 aromatic rings. The van der Waals surface area contributed by atoms with Gasteiger partial charge in [-0.15, -0.1) is 0 Å². The fraction of sp³-hybridized carbons (Fsp3) is 0.857. The zero-order valence-electron chi connectivity index (χ0n) is 5.39. The molecule has 0 amide bonds. The van der Waals surface area contributed by atoms with E-state index in [1.54, 1.807) is 0 Å². The largest absolute Gasteiger partial charge is 0.378 e. The quantitative estimate of drug-likeness (QED) is 0.530. The summed E-state index contributed by atoms with van der Waals surface area (Å²) >= 11 is 0. The van der Waals surface area contributed by atoms with Crippen molar-refractivity contribution in [3.63, 3.8) is 0 Å². The van der Waals surface area contributed by atoms with E-state index in [9.17, 15) is 0 Å². The van der Waals surface area contributed by atoms with Crippen LogP contribution in [0.4, 0.5) is 0 Å². The smallest absolute Gasteiger partial charge is 0.0577 e. The van der Waals surface area contributed by atoms with Crippen molar-refractivity contribution in [1.29, 1.82) is 0 Å². The number of hydrogen-bond donors (Lipinski definition) is 0. The number of rotatable bonds is 2. The summed E-state index contributed by atoms with van der Waals surface area (Å²) in [6.07, 6.45) is 6.53.